The van der Waals surface area contributed by atoms with Crippen LogP contribution >= 0.6 is 0 Å². The molecule has 3 N–H and O–H groups in total. The van der Waals surface area contributed by atoms with E-state index in [1.807, 2.05) is 36.4 Å². The van der Waals surface area contributed by atoms with Gasteiger partial charge in [0.1, 0.15) is 0 Å². The molecule has 2 aromatic rings. The van der Waals surface area contributed by atoms with Crippen LogP contribution in [0, 0.1) is 0 Å². The van der Waals surface area contributed by atoms with E-state index in [9.17, 15) is 4.79 Å². The first kappa shape index (κ1) is 9.03. The highest BCUT2D eigenvalue weighted by Crippen LogP contribution is 2.34. The Labute approximate surface area is 91.9 Å². The van der Waals surface area contributed by atoms with Gasteiger partial charge in [0, 0.05) is 16.8 Å². The highest BCUT2D eigenvalue weighted by atomic mass is 16.4. The highest BCUT2D eigenvalue weighted by molar-refractivity contribution is 6.06. The van der Waals surface area contributed by atoms with Gasteiger partial charge in [0.05, 0.1) is 0 Å². The van der Waals surface area contributed by atoms with E-state index in [4.69, 9.17) is 5.11 Å². The van der Waals surface area contributed by atoms with E-state index in [0.717, 1.165) is 22.1 Å². The van der Waals surface area contributed by atoms with E-state index < -0.39 is 12.1 Å². The third-order valence-electron chi connectivity index (χ3n) is 2.75. The fourth-order valence-electron chi connectivity index (χ4n) is 2.05. The predicted molar refractivity (Wildman–Crippen MR) is 62.6 cm³/mol. The molecule has 16 heavy (non-hydrogen) atoms. The van der Waals surface area contributed by atoms with Crippen LogP contribution in [-0.2, 0) is 4.79 Å². The van der Waals surface area contributed by atoms with Crippen molar-refractivity contribution in [1.82, 2.24) is 0 Å². The summed E-state index contributed by atoms with van der Waals surface area (Å²) in [6, 6.07) is 11.6. The second-order valence-electron chi connectivity index (χ2n) is 3.77. The van der Waals surface area contributed by atoms with Crippen LogP contribution in [0.1, 0.15) is 0 Å². The SMILES string of the molecule is O=C(O)C1Nc2cccc3cccc(c23)N1. The number of rotatable bonds is 1. The summed E-state index contributed by atoms with van der Waals surface area (Å²) in [4.78, 5) is 11.0. The highest BCUT2D eigenvalue weighted by Gasteiger charge is 2.23. The minimum Gasteiger partial charge on any atom is -0.478 e. The van der Waals surface area contributed by atoms with Crippen LogP contribution < -0.4 is 10.6 Å². The summed E-state index contributed by atoms with van der Waals surface area (Å²) in [6.45, 7) is 0. The minimum atomic E-state index is -0.911. The summed E-state index contributed by atoms with van der Waals surface area (Å²) < 4.78 is 0. The summed E-state index contributed by atoms with van der Waals surface area (Å²) in [7, 11) is 0. The minimum absolute atomic E-state index is 0.763. The lowest BCUT2D eigenvalue weighted by Gasteiger charge is -2.26. The van der Waals surface area contributed by atoms with Crippen LogP contribution in [0.5, 0.6) is 0 Å². The summed E-state index contributed by atoms with van der Waals surface area (Å²) in [5, 5.41) is 17.0. The van der Waals surface area contributed by atoms with Crippen molar-refractivity contribution in [3.05, 3.63) is 36.4 Å². The molecule has 2 aromatic carbocycles. The van der Waals surface area contributed by atoms with Crippen molar-refractivity contribution < 1.29 is 9.90 Å². The predicted octanol–water partition coefficient (Wildman–Crippen LogP) is 2.09. The van der Waals surface area contributed by atoms with Crippen LogP contribution in [-0.4, -0.2) is 17.2 Å². The van der Waals surface area contributed by atoms with Gasteiger partial charge in [-0.25, -0.2) is 4.79 Å². The molecule has 0 aromatic heterocycles. The molecular formula is C12H10N2O2. The topological polar surface area (TPSA) is 61.4 Å². The number of anilines is 2. The number of hydrogen-bond donors (Lipinski definition) is 3. The third-order valence-corrected chi connectivity index (χ3v) is 2.75. The number of benzene rings is 2. The summed E-state index contributed by atoms with van der Waals surface area (Å²) in [5.41, 5.74) is 1.72. The molecule has 0 spiro atoms. The van der Waals surface area contributed by atoms with Crippen LogP contribution in [0.15, 0.2) is 36.4 Å². The fraction of sp³-hybridized carbons (Fsp3) is 0.0833. The lowest BCUT2D eigenvalue weighted by atomic mass is 10.0. The molecule has 0 saturated heterocycles. The molecule has 0 bridgehead atoms. The molecule has 0 fully saturated rings. The second-order valence-corrected chi connectivity index (χ2v) is 3.77. The maximum absolute atomic E-state index is 11.0. The van der Waals surface area contributed by atoms with E-state index in [0.29, 0.717) is 0 Å². The van der Waals surface area contributed by atoms with E-state index in [2.05, 4.69) is 10.6 Å². The number of aliphatic carboxylic acids is 1. The molecule has 1 aliphatic heterocycles. The normalized spacial score (nSPS) is 14.2. The lowest BCUT2D eigenvalue weighted by Crippen LogP contribution is -2.39. The second kappa shape index (κ2) is 3.13. The van der Waals surface area contributed by atoms with Crippen molar-refractivity contribution in [1.29, 1.82) is 0 Å². The van der Waals surface area contributed by atoms with Crippen LogP contribution in [0.3, 0.4) is 0 Å². The van der Waals surface area contributed by atoms with Gasteiger partial charge < -0.3 is 15.7 Å². The Kier molecular flexibility index (Phi) is 1.77. The standard InChI is InChI=1S/C12H10N2O2/c15-12(16)11-13-8-5-1-3-7-4-2-6-9(14-11)10(7)8/h1-6,11,13-14H,(H,15,16). The maximum atomic E-state index is 11.0. The van der Waals surface area contributed by atoms with Gasteiger partial charge in [-0.2, -0.15) is 0 Å². The summed E-state index contributed by atoms with van der Waals surface area (Å²) >= 11 is 0. The first-order chi connectivity index (χ1) is 7.75. The zero-order valence-corrected chi connectivity index (χ0v) is 8.40. The molecule has 0 atom stereocenters. The number of carboxylic acids is 1. The van der Waals surface area contributed by atoms with Gasteiger partial charge in [-0.3, -0.25) is 0 Å². The van der Waals surface area contributed by atoms with E-state index in [1.165, 1.54) is 0 Å². The van der Waals surface area contributed by atoms with Crippen molar-refractivity contribution in [2.75, 3.05) is 10.6 Å². The van der Waals surface area contributed by atoms with Crippen LogP contribution in [0.4, 0.5) is 11.4 Å². The Morgan fingerprint density at radius 3 is 2.12 bits per heavy atom. The Hall–Kier alpha value is -2.23. The molecule has 0 unspecified atom stereocenters. The largest absolute Gasteiger partial charge is 0.478 e. The van der Waals surface area contributed by atoms with Gasteiger partial charge in [-0.05, 0) is 17.5 Å². The van der Waals surface area contributed by atoms with Crippen LogP contribution in [0.2, 0.25) is 0 Å². The monoisotopic (exact) mass is 214 g/mol. The molecular weight excluding hydrogens is 204 g/mol. The summed E-state index contributed by atoms with van der Waals surface area (Å²) in [5.74, 6) is -0.911. The third kappa shape index (κ3) is 1.20. The van der Waals surface area contributed by atoms with E-state index in [1.54, 1.807) is 0 Å². The fourth-order valence-corrected chi connectivity index (χ4v) is 2.05. The zero-order valence-electron chi connectivity index (χ0n) is 8.40. The first-order valence-corrected chi connectivity index (χ1v) is 5.03. The Balaban J connectivity index is 2.23. The smallest absolute Gasteiger partial charge is 0.347 e. The molecule has 80 valence electrons. The number of carboxylic acid groups (broad SMARTS) is 1. The van der Waals surface area contributed by atoms with Gasteiger partial charge in [0.15, 0.2) is 6.17 Å². The quantitative estimate of drug-likeness (QED) is 0.680. The van der Waals surface area contributed by atoms with E-state index in [-0.39, 0.29) is 0 Å². The van der Waals surface area contributed by atoms with Gasteiger partial charge >= 0.3 is 5.97 Å². The summed E-state index contributed by atoms with van der Waals surface area (Å²) in [6.07, 6.45) is -0.763. The lowest BCUT2D eigenvalue weighted by molar-refractivity contribution is -0.137. The Bertz CT molecular complexity index is 539. The van der Waals surface area contributed by atoms with Crippen LogP contribution in [0.25, 0.3) is 10.8 Å². The average molecular weight is 214 g/mol. The Morgan fingerprint density at radius 2 is 1.62 bits per heavy atom. The average Bonchev–Trinajstić information content (AvgIpc) is 2.29. The van der Waals surface area contributed by atoms with Crippen molar-refractivity contribution in [3.8, 4) is 0 Å². The van der Waals surface area contributed by atoms with Crippen molar-refractivity contribution in [2.45, 2.75) is 6.17 Å². The molecule has 0 aliphatic carbocycles. The molecule has 0 amide bonds. The zero-order chi connectivity index (χ0) is 11.1. The molecule has 1 heterocycles. The Morgan fingerprint density at radius 1 is 1.06 bits per heavy atom. The maximum Gasteiger partial charge on any atom is 0.347 e. The molecule has 4 heteroatoms. The molecule has 3 rings (SSSR count). The molecule has 0 saturated carbocycles. The molecule has 0 radical (unpaired) electrons. The number of nitrogens with one attached hydrogen (secondary N) is 2. The van der Waals surface area contributed by atoms with Crippen molar-refractivity contribution >= 4 is 28.1 Å². The van der Waals surface area contributed by atoms with Gasteiger partial charge in [-0.1, -0.05) is 24.3 Å². The van der Waals surface area contributed by atoms with Gasteiger partial charge in [0.2, 0.25) is 0 Å². The van der Waals surface area contributed by atoms with E-state index >= 15 is 0 Å². The first-order valence-electron chi connectivity index (χ1n) is 5.03. The van der Waals surface area contributed by atoms with Crippen molar-refractivity contribution in [2.24, 2.45) is 0 Å². The van der Waals surface area contributed by atoms with Crippen molar-refractivity contribution in [3.63, 3.8) is 0 Å². The number of carbonyl (C=O) groups is 1. The molecule has 1 aliphatic rings. The van der Waals surface area contributed by atoms with Gasteiger partial charge in [0.25, 0.3) is 0 Å². The van der Waals surface area contributed by atoms with Gasteiger partial charge in [-0.15, -0.1) is 0 Å². The molecule has 4 nitrogen and oxygen atoms in total. The number of hydrogen-bond acceptors (Lipinski definition) is 3.